The molecule has 0 aliphatic carbocycles. The Balaban J connectivity index is 1.69. The monoisotopic (exact) mass is 348 g/mol. The van der Waals surface area contributed by atoms with Crippen molar-refractivity contribution in [1.82, 2.24) is 15.5 Å². The average Bonchev–Trinajstić information content (AvgIpc) is 3.03. The molecule has 0 saturated carbocycles. The first kappa shape index (κ1) is 18.0. The van der Waals surface area contributed by atoms with Crippen molar-refractivity contribution in [3.8, 4) is 0 Å². The van der Waals surface area contributed by atoms with Gasteiger partial charge >= 0.3 is 0 Å². The number of nitrogens with one attached hydrogen (secondary N) is 2. The molecule has 0 aliphatic rings. The maximum absolute atomic E-state index is 11.9. The van der Waals surface area contributed by atoms with Gasteiger partial charge in [0, 0.05) is 31.6 Å². The average molecular weight is 348 g/mol. The number of aromatic nitrogens is 2. The zero-order valence-electron chi connectivity index (χ0n) is 13.4. The number of rotatable bonds is 9. The zero-order chi connectivity index (χ0) is 17.2. The van der Waals surface area contributed by atoms with Crippen molar-refractivity contribution >= 4 is 28.3 Å². The van der Waals surface area contributed by atoms with Crippen molar-refractivity contribution in [2.24, 2.45) is 0 Å². The lowest BCUT2D eigenvalue weighted by atomic mass is 10.2. The third-order valence-corrected chi connectivity index (χ3v) is 3.95. The summed E-state index contributed by atoms with van der Waals surface area (Å²) in [6, 6.07) is 8.87. The molecule has 2 rings (SSSR count). The molecule has 0 bridgehead atoms. The lowest BCUT2D eigenvalue weighted by molar-refractivity contribution is -0.116. The first-order valence-electron chi connectivity index (χ1n) is 7.72. The summed E-state index contributed by atoms with van der Waals surface area (Å²) in [5.74, 6) is -0.409. The molecule has 0 saturated heterocycles. The van der Waals surface area contributed by atoms with Gasteiger partial charge in [0.2, 0.25) is 11.0 Å². The highest BCUT2D eigenvalue weighted by Gasteiger charge is 2.09. The summed E-state index contributed by atoms with van der Waals surface area (Å²) in [6.07, 6.45) is 0.848. The van der Waals surface area contributed by atoms with Crippen LogP contribution in [0.25, 0.3) is 0 Å². The first-order chi connectivity index (χ1) is 11.7. The number of hydrogen-bond donors (Lipinski definition) is 2. The molecule has 2 N–H and O–H groups in total. The molecule has 0 spiro atoms. The van der Waals surface area contributed by atoms with Crippen LogP contribution in [0.2, 0.25) is 0 Å². The van der Waals surface area contributed by atoms with Gasteiger partial charge in [-0.05, 0) is 19.1 Å². The van der Waals surface area contributed by atoms with Crippen molar-refractivity contribution < 1.29 is 14.3 Å². The van der Waals surface area contributed by atoms with Crippen LogP contribution in [0.1, 0.15) is 28.7 Å². The Hall–Kier alpha value is -2.32. The number of carbonyl (C=O) groups excluding carboxylic acids is 2. The Bertz CT molecular complexity index is 660. The zero-order valence-corrected chi connectivity index (χ0v) is 14.3. The normalized spacial score (nSPS) is 10.4. The summed E-state index contributed by atoms with van der Waals surface area (Å²) in [5.41, 5.74) is 0.570. The van der Waals surface area contributed by atoms with E-state index in [4.69, 9.17) is 4.74 Å². The molecule has 8 heteroatoms. The van der Waals surface area contributed by atoms with Gasteiger partial charge in [0.05, 0.1) is 6.61 Å². The van der Waals surface area contributed by atoms with E-state index in [9.17, 15) is 9.59 Å². The Kier molecular flexibility index (Phi) is 7.31. The third kappa shape index (κ3) is 6.05. The summed E-state index contributed by atoms with van der Waals surface area (Å²) in [7, 11) is 0. The molecular weight excluding hydrogens is 328 g/mol. The molecule has 0 unspecified atom stereocenters. The van der Waals surface area contributed by atoms with Gasteiger partial charge in [0.1, 0.15) is 5.01 Å². The summed E-state index contributed by atoms with van der Waals surface area (Å²) in [4.78, 5) is 23.7. The van der Waals surface area contributed by atoms with Crippen molar-refractivity contribution in [2.45, 2.75) is 19.8 Å². The summed E-state index contributed by atoms with van der Waals surface area (Å²) < 4.78 is 5.25. The SMILES string of the molecule is CCOCCc1nnc(NC(=O)CCNC(=O)c2ccccc2)s1. The summed E-state index contributed by atoms with van der Waals surface area (Å²) >= 11 is 1.33. The number of amides is 2. The van der Waals surface area contributed by atoms with Gasteiger partial charge in [0.25, 0.3) is 5.91 Å². The van der Waals surface area contributed by atoms with E-state index in [1.54, 1.807) is 24.3 Å². The lowest BCUT2D eigenvalue weighted by Gasteiger charge is -2.04. The van der Waals surface area contributed by atoms with Crippen LogP contribution in [-0.4, -0.2) is 41.8 Å². The number of benzene rings is 1. The first-order valence-corrected chi connectivity index (χ1v) is 8.54. The van der Waals surface area contributed by atoms with E-state index in [0.29, 0.717) is 30.3 Å². The van der Waals surface area contributed by atoms with E-state index < -0.39 is 0 Å². The molecule has 2 aromatic rings. The van der Waals surface area contributed by atoms with Gasteiger partial charge in [-0.3, -0.25) is 9.59 Å². The summed E-state index contributed by atoms with van der Waals surface area (Å²) in [5, 5.41) is 14.6. The van der Waals surface area contributed by atoms with Crippen LogP contribution in [0.5, 0.6) is 0 Å². The maximum Gasteiger partial charge on any atom is 0.251 e. The summed E-state index contributed by atoms with van der Waals surface area (Å²) in [6.45, 7) is 3.44. The van der Waals surface area contributed by atoms with Crippen LogP contribution in [-0.2, 0) is 16.0 Å². The third-order valence-electron chi connectivity index (χ3n) is 3.05. The smallest absolute Gasteiger partial charge is 0.251 e. The van der Waals surface area contributed by atoms with Gasteiger partial charge in [-0.25, -0.2) is 0 Å². The molecule has 0 aliphatic heterocycles. The predicted molar refractivity (Wildman–Crippen MR) is 92.1 cm³/mol. The van der Waals surface area contributed by atoms with E-state index in [2.05, 4.69) is 20.8 Å². The second kappa shape index (κ2) is 9.74. The van der Waals surface area contributed by atoms with Crippen LogP contribution in [0.15, 0.2) is 30.3 Å². The number of nitrogens with zero attached hydrogens (tertiary/aromatic N) is 2. The standard InChI is InChI=1S/C16H20N4O3S/c1-2-23-11-9-14-19-20-16(24-14)18-13(21)8-10-17-15(22)12-6-4-3-5-7-12/h3-7H,2,8-11H2,1H3,(H,17,22)(H,18,20,21). The van der Waals surface area contributed by atoms with Crippen LogP contribution in [0.3, 0.4) is 0 Å². The van der Waals surface area contributed by atoms with Crippen LogP contribution in [0.4, 0.5) is 5.13 Å². The van der Waals surface area contributed by atoms with Gasteiger partial charge in [-0.1, -0.05) is 29.5 Å². The second-order valence-electron chi connectivity index (χ2n) is 4.87. The fourth-order valence-corrected chi connectivity index (χ4v) is 2.61. The van der Waals surface area contributed by atoms with E-state index in [1.165, 1.54) is 11.3 Å². The Morgan fingerprint density at radius 2 is 2.00 bits per heavy atom. The number of anilines is 1. The lowest BCUT2D eigenvalue weighted by Crippen LogP contribution is -2.27. The number of hydrogen-bond acceptors (Lipinski definition) is 6. The molecule has 1 aromatic heterocycles. The fourth-order valence-electron chi connectivity index (χ4n) is 1.87. The number of carbonyl (C=O) groups is 2. The molecule has 1 heterocycles. The van der Waals surface area contributed by atoms with Crippen LogP contribution in [0, 0.1) is 0 Å². The van der Waals surface area contributed by atoms with E-state index >= 15 is 0 Å². The van der Waals surface area contributed by atoms with Crippen molar-refractivity contribution in [2.75, 3.05) is 25.1 Å². The minimum atomic E-state index is -0.212. The number of ether oxygens (including phenoxy) is 1. The van der Waals surface area contributed by atoms with Gasteiger partial charge in [-0.2, -0.15) is 0 Å². The highest BCUT2D eigenvalue weighted by atomic mass is 32.1. The highest BCUT2D eigenvalue weighted by molar-refractivity contribution is 7.15. The fraction of sp³-hybridized carbons (Fsp3) is 0.375. The molecule has 0 fully saturated rings. The minimum absolute atomic E-state index is 0.173. The second-order valence-corrected chi connectivity index (χ2v) is 5.93. The Labute approximate surface area is 144 Å². The van der Waals surface area contributed by atoms with Gasteiger partial charge in [-0.15, -0.1) is 10.2 Å². The van der Waals surface area contributed by atoms with E-state index in [1.807, 2.05) is 13.0 Å². The quantitative estimate of drug-likeness (QED) is 0.675. The topological polar surface area (TPSA) is 93.2 Å². The van der Waals surface area contributed by atoms with Crippen molar-refractivity contribution in [3.05, 3.63) is 40.9 Å². The van der Waals surface area contributed by atoms with Gasteiger partial charge < -0.3 is 15.4 Å². The highest BCUT2D eigenvalue weighted by Crippen LogP contribution is 2.15. The molecule has 24 heavy (non-hydrogen) atoms. The molecule has 128 valence electrons. The van der Waals surface area contributed by atoms with Crippen LogP contribution < -0.4 is 10.6 Å². The molecule has 2 amide bonds. The Morgan fingerprint density at radius 1 is 1.21 bits per heavy atom. The van der Waals surface area contributed by atoms with Crippen molar-refractivity contribution in [1.29, 1.82) is 0 Å². The molecule has 0 radical (unpaired) electrons. The predicted octanol–water partition coefficient (Wildman–Crippen LogP) is 1.88. The molecular formula is C16H20N4O3S. The van der Waals surface area contributed by atoms with Crippen LogP contribution >= 0.6 is 11.3 Å². The van der Waals surface area contributed by atoms with E-state index in [-0.39, 0.29) is 24.8 Å². The minimum Gasteiger partial charge on any atom is -0.381 e. The molecule has 7 nitrogen and oxygen atoms in total. The molecule has 1 aromatic carbocycles. The van der Waals surface area contributed by atoms with Gasteiger partial charge in [0.15, 0.2) is 0 Å². The Morgan fingerprint density at radius 3 is 2.75 bits per heavy atom. The largest absolute Gasteiger partial charge is 0.381 e. The maximum atomic E-state index is 11.9. The van der Waals surface area contributed by atoms with Crippen molar-refractivity contribution in [3.63, 3.8) is 0 Å². The molecule has 0 atom stereocenters. The van der Waals surface area contributed by atoms with E-state index in [0.717, 1.165) is 5.01 Å².